The Balaban J connectivity index is 1.57. The fourth-order valence-electron chi connectivity index (χ4n) is 3.66. The van der Waals surface area contributed by atoms with E-state index in [1.54, 1.807) is 41.1 Å². The Morgan fingerprint density at radius 2 is 1.91 bits per heavy atom. The predicted molar refractivity (Wildman–Crippen MR) is 132 cm³/mol. The van der Waals surface area contributed by atoms with Crippen LogP contribution in [0.15, 0.2) is 42.5 Å². The molecule has 0 saturated carbocycles. The lowest BCUT2D eigenvalue weighted by Gasteiger charge is -2.31. The van der Waals surface area contributed by atoms with Gasteiger partial charge in [-0.1, -0.05) is 17.7 Å². The molecule has 0 bridgehead atoms. The summed E-state index contributed by atoms with van der Waals surface area (Å²) in [5.74, 6) is 0.258. The number of nitrogens with one attached hydrogen (secondary N) is 1. The third-order valence-corrected chi connectivity index (χ3v) is 5.80. The molecule has 34 heavy (non-hydrogen) atoms. The quantitative estimate of drug-likeness (QED) is 0.530. The van der Waals surface area contributed by atoms with Crippen molar-refractivity contribution in [1.29, 1.82) is 0 Å². The van der Waals surface area contributed by atoms with Crippen molar-refractivity contribution in [2.24, 2.45) is 0 Å². The van der Waals surface area contributed by atoms with Gasteiger partial charge in [0.1, 0.15) is 18.0 Å². The van der Waals surface area contributed by atoms with Crippen LogP contribution in [0.3, 0.4) is 0 Å². The Labute approximate surface area is 203 Å². The van der Waals surface area contributed by atoms with E-state index in [2.05, 4.69) is 10.4 Å². The number of aryl methyl sites for hydroxylation is 1. The molecule has 0 spiro atoms. The van der Waals surface area contributed by atoms with Crippen molar-refractivity contribution in [2.75, 3.05) is 23.4 Å². The van der Waals surface area contributed by atoms with Crippen LogP contribution >= 0.6 is 11.6 Å². The second kappa shape index (κ2) is 9.02. The maximum absolute atomic E-state index is 13.0. The molecule has 178 valence electrons. The molecule has 1 aliphatic heterocycles. The SMILES string of the molecule is Cc1nn(-c2cccc(C(=O)Nc3ccc4c(c3)N(C(=O)OC(C)(C)C)CCO4)c2)c(C)c1Cl. The summed E-state index contributed by atoms with van der Waals surface area (Å²) in [4.78, 5) is 27.2. The monoisotopic (exact) mass is 482 g/mol. The summed E-state index contributed by atoms with van der Waals surface area (Å²) < 4.78 is 12.9. The Kier molecular flexibility index (Phi) is 6.27. The van der Waals surface area contributed by atoms with E-state index in [4.69, 9.17) is 21.1 Å². The van der Waals surface area contributed by atoms with Gasteiger partial charge in [0.2, 0.25) is 0 Å². The van der Waals surface area contributed by atoms with Gasteiger partial charge in [-0.05, 0) is 71.0 Å². The number of nitrogens with zero attached hydrogens (tertiary/aromatic N) is 3. The molecule has 4 rings (SSSR count). The fraction of sp³-hybridized carbons (Fsp3) is 0.320. The molecule has 1 aromatic heterocycles. The van der Waals surface area contributed by atoms with Crippen molar-refractivity contribution < 1.29 is 19.1 Å². The number of aromatic nitrogens is 2. The van der Waals surface area contributed by atoms with Crippen molar-refractivity contribution >= 4 is 35.0 Å². The summed E-state index contributed by atoms with van der Waals surface area (Å²) in [7, 11) is 0. The molecule has 0 saturated heterocycles. The molecule has 0 fully saturated rings. The molecule has 9 heteroatoms. The van der Waals surface area contributed by atoms with Crippen molar-refractivity contribution in [2.45, 2.75) is 40.2 Å². The largest absolute Gasteiger partial charge is 0.490 e. The number of anilines is 2. The van der Waals surface area contributed by atoms with Gasteiger partial charge in [0.05, 0.1) is 34.3 Å². The third kappa shape index (κ3) is 4.87. The molecular weight excluding hydrogens is 456 g/mol. The van der Waals surface area contributed by atoms with Crippen molar-refractivity contribution in [3.05, 3.63) is 64.4 Å². The van der Waals surface area contributed by atoms with Crippen LogP contribution in [-0.4, -0.2) is 40.5 Å². The van der Waals surface area contributed by atoms with Gasteiger partial charge in [-0.3, -0.25) is 9.69 Å². The number of benzene rings is 2. The lowest BCUT2D eigenvalue weighted by molar-refractivity contribution is 0.0567. The topological polar surface area (TPSA) is 85.7 Å². The number of amides is 2. The van der Waals surface area contributed by atoms with Crippen molar-refractivity contribution in [3.63, 3.8) is 0 Å². The maximum Gasteiger partial charge on any atom is 0.415 e. The highest BCUT2D eigenvalue weighted by Crippen LogP contribution is 2.35. The molecule has 8 nitrogen and oxygen atoms in total. The van der Waals surface area contributed by atoms with Gasteiger partial charge in [-0.15, -0.1) is 0 Å². The minimum Gasteiger partial charge on any atom is -0.490 e. The smallest absolute Gasteiger partial charge is 0.415 e. The van der Waals surface area contributed by atoms with Crippen LogP contribution in [0, 0.1) is 13.8 Å². The highest BCUT2D eigenvalue weighted by molar-refractivity contribution is 6.31. The Morgan fingerprint density at radius 3 is 2.59 bits per heavy atom. The number of hydrogen-bond acceptors (Lipinski definition) is 5. The van der Waals surface area contributed by atoms with Gasteiger partial charge >= 0.3 is 6.09 Å². The van der Waals surface area contributed by atoms with E-state index in [0.717, 1.165) is 17.1 Å². The number of halogens is 1. The molecule has 2 heterocycles. The highest BCUT2D eigenvalue weighted by atomic mass is 35.5. The maximum atomic E-state index is 13.0. The van der Waals surface area contributed by atoms with Gasteiger partial charge in [-0.2, -0.15) is 5.10 Å². The zero-order valence-corrected chi connectivity index (χ0v) is 20.6. The van der Waals surface area contributed by atoms with Crippen LogP contribution in [0.2, 0.25) is 5.02 Å². The fourth-order valence-corrected chi connectivity index (χ4v) is 3.78. The zero-order valence-electron chi connectivity index (χ0n) is 19.8. The van der Waals surface area contributed by atoms with E-state index >= 15 is 0 Å². The van der Waals surface area contributed by atoms with Gasteiger partial charge in [0.25, 0.3) is 5.91 Å². The van der Waals surface area contributed by atoms with Crippen LogP contribution in [0.1, 0.15) is 42.5 Å². The van der Waals surface area contributed by atoms with E-state index < -0.39 is 11.7 Å². The zero-order chi connectivity index (χ0) is 24.6. The van der Waals surface area contributed by atoms with E-state index in [1.807, 2.05) is 40.7 Å². The third-order valence-electron chi connectivity index (χ3n) is 5.25. The number of fused-ring (bicyclic) bond motifs is 1. The first kappa shape index (κ1) is 23.6. The number of rotatable bonds is 3. The van der Waals surface area contributed by atoms with Crippen molar-refractivity contribution in [1.82, 2.24) is 9.78 Å². The molecular formula is C25H27ClN4O4. The van der Waals surface area contributed by atoms with Gasteiger partial charge < -0.3 is 14.8 Å². The average molecular weight is 483 g/mol. The van der Waals surface area contributed by atoms with Crippen LogP contribution in [0.25, 0.3) is 5.69 Å². The molecule has 0 aliphatic carbocycles. The first-order valence-corrected chi connectivity index (χ1v) is 11.3. The van der Waals surface area contributed by atoms with Gasteiger partial charge in [-0.25, -0.2) is 9.48 Å². The number of ether oxygens (including phenoxy) is 2. The Bertz CT molecular complexity index is 1260. The van der Waals surface area contributed by atoms with Crippen LogP contribution in [0.4, 0.5) is 16.2 Å². The molecule has 0 atom stereocenters. The molecule has 3 aromatic rings. The van der Waals surface area contributed by atoms with E-state index in [-0.39, 0.29) is 5.91 Å². The molecule has 2 aromatic carbocycles. The summed E-state index contributed by atoms with van der Waals surface area (Å²) >= 11 is 6.28. The van der Waals surface area contributed by atoms with E-state index in [0.29, 0.717) is 40.9 Å². The first-order valence-electron chi connectivity index (χ1n) is 10.9. The summed E-state index contributed by atoms with van der Waals surface area (Å²) in [5.41, 5.74) is 3.16. The van der Waals surface area contributed by atoms with Crippen LogP contribution in [0.5, 0.6) is 5.75 Å². The first-order chi connectivity index (χ1) is 16.0. The van der Waals surface area contributed by atoms with Crippen LogP contribution < -0.4 is 15.0 Å². The summed E-state index contributed by atoms with van der Waals surface area (Å²) in [6, 6.07) is 12.3. The summed E-state index contributed by atoms with van der Waals surface area (Å²) in [6.07, 6.45) is -0.461. The van der Waals surface area contributed by atoms with E-state index in [9.17, 15) is 9.59 Å². The second-order valence-corrected chi connectivity index (χ2v) is 9.44. The van der Waals surface area contributed by atoms with Gasteiger partial charge in [0.15, 0.2) is 0 Å². The number of hydrogen-bond donors (Lipinski definition) is 1. The van der Waals surface area contributed by atoms with Crippen LogP contribution in [-0.2, 0) is 4.74 Å². The Hall–Kier alpha value is -3.52. The highest BCUT2D eigenvalue weighted by Gasteiger charge is 2.28. The summed E-state index contributed by atoms with van der Waals surface area (Å²) in [6.45, 7) is 9.88. The molecule has 2 amide bonds. The van der Waals surface area contributed by atoms with Crippen molar-refractivity contribution in [3.8, 4) is 11.4 Å². The molecule has 0 radical (unpaired) electrons. The Morgan fingerprint density at radius 1 is 1.15 bits per heavy atom. The van der Waals surface area contributed by atoms with Gasteiger partial charge in [0, 0.05) is 11.3 Å². The molecule has 1 N–H and O–H groups in total. The lowest BCUT2D eigenvalue weighted by atomic mass is 10.1. The molecule has 0 unspecified atom stereocenters. The normalized spacial score (nSPS) is 13.2. The number of carbonyl (C=O) groups is 2. The second-order valence-electron chi connectivity index (χ2n) is 9.06. The lowest BCUT2D eigenvalue weighted by Crippen LogP contribution is -2.41. The minimum absolute atomic E-state index is 0.296. The van der Waals surface area contributed by atoms with E-state index in [1.165, 1.54) is 4.90 Å². The standard InChI is InChI=1S/C25H27ClN4O4/c1-15-22(26)16(2)30(28-15)19-8-6-7-17(13-19)23(31)27-18-9-10-21-20(14-18)29(11-12-33-21)24(32)34-25(3,4)5/h6-10,13-14H,11-12H2,1-5H3,(H,27,31). The number of carbonyl (C=O) groups excluding carboxylic acids is 2. The summed E-state index contributed by atoms with van der Waals surface area (Å²) in [5, 5.41) is 7.95. The molecule has 1 aliphatic rings. The predicted octanol–water partition coefficient (Wildman–Crippen LogP) is 5.53. The average Bonchev–Trinajstić information content (AvgIpc) is 3.05. The minimum atomic E-state index is -0.623.